The molecule has 98 valence electrons. The van der Waals surface area contributed by atoms with Crippen molar-refractivity contribution in [2.24, 2.45) is 5.73 Å². The van der Waals surface area contributed by atoms with Crippen LogP contribution in [0.15, 0.2) is 24.3 Å². The van der Waals surface area contributed by atoms with Gasteiger partial charge in [0.1, 0.15) is 6.04 Å². The molecule has 0 saturated carbocycles. The normalized spacial score (nSPS) is 18.1. The average molecular weight is 257 g/mol. The molecule has 0 aliphatic carbocycles. The second-order valence-corrected chi connectivity index (χ2v) is 4.63. The number of carbonyl (C=O) groups is 2. The van der Waals surface area contributed by atoms with Crippen molar-refractivity contribution < 1.29 is 9.59 Å². The first kappa shape index (κ1) is 13.1. The fourth-order valence-corrected chi connectivity index (χ4v) is 2.33. The van der Waals surface area contributed by atoms with Crippen LogP contribution in [0, 0.1) is 11.3 Å². The number of primary amides is 1. The number of likely N-dealkylation sites (tertiary alicyclic amines) is 1. The van der Waals surface area contributed by atoms with E-state index >= 15 is 0 Å². The highest BCUT2D eigenvalue weighted by Crippen LogP contribution is 2.18. The van der Waals surface area contributed by atoms with Gasteiger partial charge in [0.15, 0.2) is 0 Å². The lowest BCUT2D eigenvalue weighted by atomic mass is 10.1. The molecule has 1 unspecified atom stereocenters. The summed E-state index contributed by atoms with van der Waals surface area (Å²) in [7, 11) is 0. The van der Waals surface area contributed by atoms with Gasteiger partial charge in [-0.15, -0.1) is 0 Å². The van der Waals surface area contributed by atoms with Crippen molar-refractivity contribution in [3.8, 4) is 6.07 Å². The Labute approximate surface area is 111 Å². The summed E-state index contributed by atoms with van der Waals surface area (Å²) in [6, 6.07) is 8.43. The summed E-state index contributed by atoms with van der Waals surface area (Å²) in [6.07, 6.45) is 1.69. The fraction of sp³-hybridized carbons (Fsp3) is 0.357. The Hall–Kier alpha value is -2.35. The number of hydrogen-bond acceptors (Lipinski definition) is 3. The first-order chi connectivity index (χ1) is 9.11. The zero-order chi connectivity index (χ0) is 13.8. The van der Waals surface area contributed by atoms with Gasteiger partial charge in [-0.1, -0.05) is 12.1 Å². The number of nitriles is 1. The number of rotatable bonds is 3. The summed E-state index contributed by atoms with van der Waals surface area (Å²) in [5, 5.41) is 8.70. The van der Waals surface area contributed by atoms with Crippen LogP contribution in [0.1, 0.15) is 24.0 Å². The van der Waals surface area contributed by atoms with Crippen LogP contribution in [0.25, 0.3) is 0 Å². The second-order valence-electron chi connectivity index (χ2n) is 4.63. The highest BCUT2D eigenvalue weighted by molar-refractivity contribution is 5.88. The van der Waals surface area contributed by atoms with Crippen LogP contribution in [0.3, 0.4) is 0 Å². The quantitative estimate of drug-likeness (QED) is 0.859. The number of amides is 2. The van der Waals surface area contributed by atoms with Gasteiger partial charge in [-0.25, -0.2) is 0 Å². The van der Waals surface area contributed by atoms with Gasteiger partial charge in [0.2, 0.25) is 11.8 Å². The lowest BCUT2D eigenvalue weighted by Crippen LogP contribution is -2.44. The number of nitrogens with two attached hydrogens (primary N) is 1. The summed E-state index contributed by atoms with van der Waals surface area (Å²) in [5.74, 6) is -0.531. The van der Waals surface area contributed by atoms with E-state index in [1.54, 1.807) is 29.2 Å². The van der Waals surface area contributed by atoms with Crippen molar-refractivity contribution in [3.63, 3.8) is 0 Å². The van der Waals surface area contributed by atoms with Crippen LogP contribution >= 0.6 is 0 Å². The third-order valence-electron chi connectivity index (χ3n) is 3.34. The van der Waals surface area contributed by atoms with Gasteiger partial charge in [-0.2, -0.15) is 5.26 Å². The van der Waals surface area contributed by atoms with Gasteiger partial charge < -0.3 is 10.6 Å². The number of nitrogens with zero attached hydrogens (tertiary/aromatic N) is 2. The highest BCUT2D eigenvalue weighted by atomic mass is 16.2. The third kappa shape index (κ3) is 2.91. The van der Waals surface area contributed by atoms with Crippen molar-refractivity contribution in [2.75, 3.05) is 6.54 Å². The topological polar surface area (TPSA) is 87.2 Å². The van der Waals surface area contributed by atoms with Gasteiger partial charge in [-0.05, 0) is 30.5 Å². The molecule has 1 heterocycles. The van der Waals surface area contributed by atoms with Crippen molar-refractivity contribution in [1.29, 1.82) is 5.26 Å². The van der Waals surface area contributed by atoms with E-state index in [1.807, 2.05) is 6.07 Å². The molecule has 1 saturated heterocycles. The summed E-state index contributed by atoms with van der Waals surface area (Å²) in [5.41, 5.74) is 6.68. The molecule has 1 aliphatic rings. The molecule has 5 nitrogen and oxygen atoms in total. The van der Waals surface area contributed by atoms with Crippen LogP contribution in [0.2, 0.25) is 0 Å². The number of hydrogen-bond donors (Lipinski definition) is 1. The molecule has 2 amide bonds. The second kappa shape index (κ2) is 5.53. The largest absolute Gasteiger partial charge is 0.368 e. The van der Waals surface area contributed by atoms with E-state index in [0.29, 0.717) is 18.5 Å². The minimum Gasteiger partial charge on any atom is -0.368 e. The monoisotopic (exact) mass is 257 g/mol. The average Bonchev–Trinajstić information content (AvgIpc) is 2.89. The Balaban J connectivity index is 2.04. The van der Waals surface area contributed by atoms with E-state index in [2.05, 4.69) is 0 Å². The zero-order valence-corrected chi connectivity index (χ0v) is 10.5. The molecular formula is C14H15N3O2. The fourth-order valence-electron chi connectivity index (χ4n) is 2.33. The molecule has 1 fully saturated rings. The third-order valence-corrected chi connectivity index (χ3v) is 3.34. The molecule has 2 rings (SSSR count). The zero-order valence-electron chi connectivity index (χ0n) is 10.5. The van der Waals surface area contributed by atoms with Gasteiger partial charge in [0, 0.05) is 6.54 Å². The SMILES string of the molecule is N#Cc1ccc(CC(=O)N2CCCC2C(N)=O)cc1. The van der Waals surface area contributed by atoms with Gasteiger partial charge in [-0.3, -0.25) is 9.59 Å². The maximum atomic E-state index is 12.1. The molecule has 5 heteroatoms. The minimum absolute atomic E-state index is 0.0917. The Morgan fingerprint density at radius 2 is 2.05 bits per heavy atom. The predicted octanol–water partition coefficient (Wildman–Crippen LogP) is 0.577. The Morgan fingerprint density at radius 3 is 2.63 bits per heavy atom. The lowest BCUT2D eigenvalue weighted by Gasteiger charge is -2.22. The smallest absolute Gasteiger partial charge is 0.240 e. The summed E-state index contributed by atoms with van der Waals surface area (Å²) >= 11 is 0. The molecule has 1 aromatic carbocycles. The van der Waals surface area contributed by atoms with E-state index in [9.17, 15) is 9.59 Å². The summed E-state index contributed by atoms with van der Waals surface area (Å²) in [6.45, 7) is 0.586. The summed E-state index contributed by atoms with van der Waals surface area (Å²) < 4.78 is 0. The molecule has 1 aliphatic heterocycles. The summed E-state index contributed by atoms with van der Waals surface area (Å²) in [4.78, 5) is 24.9. The molecule has 0 spiro atoms. The Bertz CT molecular complexity index is 531. The predicted molar refractivity (Wildman–Crippen MR) is 68.8 cm³/mol. The van der Waals surface area contributed by atoms with E-state index in [0.717, 1.165) is 12.0 Å². The number of benzene rings is 1. The molecule has 0 aromatic heterocycles. The van der Waals surface area contributed by atoms with Crippen LogP contribution in [0.4, 0.5) is 0 Å². The molecule has 19 heavy (non-hydrogen) atoms. The van der Waals surface area contributed by atoms with Gasteiger partial charge in [0.25, 0.3) is 0 Å². The van der Waals surface area contributed by atoms with Crippen molar-refractivity contribution >= 4 is 11.8 Å². The maximum absolute atomic E-state index is 12.1. The Morgan fingerprint density at radius 1 is 1.37 bits per heavy atom. The van der Waals surface area contributed by atoms with Crippen molar-refractivity contribution in [3.05, 3.63) is 35.4 Å². The highest BCUT2D eigenvalue weighted by Gasteiger charge is 2.32. The standard InChI is InChI=1S/C14H15N3O2/c15-9-11-5-3-10(4-6-11)8-13(18)17-7-1-2-12(17)14(16)19/h3-6,12H,1-2,7-8H2,(H2,16,19). The van der Waals surface area contributed by atoms with E-state index < -0.39 is 11.9 Å². The Kier molecular flexibility index (Phi) is 3.81. The maximum Gasteiger partial charge on any atom is 0.240 e. The van der Waals surface area contributed by atoms with Crippen LogP contribution < -0.4 is 5.73 Å². The van der Waals surface area contributed by atoms with Gasteiger partial charge >= 0.3 is 0 Å². The molecular weight excluding hydrogens is 242 g/mol. The first-order valence-corrected chi connectivity index (χ1v) is 6.19. The van der Waals surface area contributed by atoms with Crippen LogP contribution in [0.5, 0.6) is 0 Å². The molecule has 1 atom stereocenters. The number of carbonyl (C=O) groups excluding carboxylic acids is 2. The molecule has 0 bridgehead atoms. The minimum atomic E-state index is -0.467. The molecule has 2 N–H and O–H groups in total. The van der Waals surface area contributed by atoms with Gasteiger partial charge in [0.05, 0.1) is 18.1 Å². The van der Waals surface area contributed by atoms with E-state index in [4.69, 9.17) is 11.0 Å². The van der Waals surface area contributed by atoms with Crippen LogP contribution in [-0.2, 0) is 16.0 Å². The molecule has 0 radical (unpaired) electrons. The van der Waals surface area contributed by atoms with E-state index in [1.165, 1.54) is 0 Å². The van der Waals surface area contributed by atoms with E-state index in [-0.39, 0.29) is 12.3 Å². The van der Waals surface area contributed by atoms with Crippen molar-refractivity contribution in [2.45, 2.75) is 25.3 Å². The first-order valence-electron chi connectivity index (χ1n) is 6.19. The lowest BCUT2D eigenvalue weighted by molar-refractivity contribution is -0.136. The van der Waals surface area contributed by atoms with Crippen LogP contribution in [-0.4, -0.2) is 29.3 Å². The molecule has 1 aromatic rings. The van der Waals surface area contributed by atoms with Crippen molar-refractivity contribution in [1.82, 2.24) is 4.90 Å².